The van der Waals surface area contributed by atoms with Crippen molar-refractivity contribution in [1.29, 1.82) is 0 Å². The molecule has 168 valence electrons. The molecule has 0 bridgehead atoms. The van der Waals surface area contributed by atoms with E-state index in [1.54, 1.807) is 36.3 Å². The summed E-state index contributed by atoms with van der Waals surface area (Å²) in [7, 11) is 1.58. The molecule has 2 aliphatic heterocycles. The van der Waals surface area contributed by atoms with E-state index in [0.717, 1.165) is 5.56 Å². The number of carbonyl (C=O) groups is 1. The molecule has 4 atom stereocenters. The predicted molar refractivity (Wildman–Crippen MR) is 117 cm³/mol. The van der Waals surface area contributed by atoms with Crippen molar-refractivity contribution in [2.75, 3.05) is 18.6 Å². The lowest BCUT2D eigenvalue weighted by Crippen LogP contribution is -2.70. The number of hydrogen-bond acceptors (Lipinski definition) is 6. The molecule has 2 heterocycles. The van der Waals surface area contributed by atoms with Crippen LogP contribution in [0.2, 0.25) is 0 Å². The van der Waals surface area contributed by atoms with Crippen molar-refractivity contribution >= 4 is 11.6 Å². The van der Waals surface area contributed by atoms with Gasteiger partial charge in [-0.1, -0.05) is 35.4 Å². The molecule has 0 radical (unpaired) electrons. The number of rotatable bonds is 8. The molecule has 0 aromatic heterocycles. The van der Waals surface area contributed by atoms with Crippen LogP contribution in [-0.4, -0.2) is 49.7 Å². The molecule has 9 heteroatoms. The molecule has 2 aromatic rings. The van der Waals surface area contributed by atoms with Gasteiger partial charge in [0.15, 0.2) is 5.79 Å². The van der Waals surface area contributed by atoms with Gasteiger partial charge in [-0.3, -0.25) is 4.79 Å². The monoisotopic (exact) mass is 438 g/mol. The number of hydrogen-bond donors (Lipinski definition) is 0. The van der Waals surface area contributed by atoms with E-state index in [9.17, 15) is 4.79 Å². The van der Waals surface area contributed by atoms with Crippen molar-refractivity contribution in [3.05, 3.63) is 70.6 Å². The Bertz CT molecular complexity index is 991. The number of carbonyl (C=O) groups excluding carboxylic acids is 1. The van der Waals surface area contributed by atoms with Crippen molar-refractivity contribution in [3.8, 4) is 5.75 Å². The number of β-lactam (4-membered cyclic amide) rings is 1. The van der Waals surface area contributed by atoms with Crippen LogP contribution in [0.5, 0.6) is 5.75 Å². The van der Waals surface area contributed by atoms with E-state index < -0.39 is 30.1 Å². The highest BCUT2D eigenvalue weighted by molar-refractivity contribution is 6.06. The number of methoxy groups -OCH3 is 1. The molecular weight excluding hydrogens is 412 g/mol. The van der Waals surface area contributed by atoms with Gasteiger partial charge in [0.2, 0.25) is 5.91 Å². The second-order valence-corrected chi connectivity index (χ2v) is 8.19. The SMILES string of the molecule is COc1ccc(N2C(=O)[C@@H](N=[N+]=[N-])[C@H]2[C@H]2OC(C)(C)O[C@@H]2COCc2ccccc2)cc1. The van der Waals surface area contributed by atoms with Gasteiger partial charge in [0.1, 0.15) is 24.0 Å². The number of azide groups is 1. The minimum Gasteiger partial charge on any atom is -0.497 e. The van der Waals surface area contributed by atoms with Gasteiger partial charge in [-0.25, -0.2) is 0 Å². The maximum Gasteiger partial charge on any atom is 0.238 e. The number of nitrogens with zero attached hydrogens (tertiary/aromatic N) is 4. The second kappa shape index (κ2) is 9.18. The van der Waals surface area contributed by atoms with Crippen molar-refractivity contribution in [3.63, 3.8) is 0 Å². The molecular formula is C23H26N4O5. The Labute approximate surface area is 186 Å². The lowest BCUT2D eigenvalue weighted by atomic mass is 9.87. The molecule has 0 unspecified atom stereocenters. The molecule has 0 aliphatic carbocycles. The zero-order valence-corrected chi connectivity index (χ0v) is 18.2. The molecule has 9 nitrogen and oxygen atoms in total. The maximum atomic E-state index is 12.8. The molecule has 2 fully saturated rings. The van der Waals surface area contributed by atoms with Crippen molar-refractivity contribution in [1.82, 2.24) is 0 Å². The third-order valence-corrected chi connectivity index (χ3v) is 5.59. The van der Waals surface area contributed by atoms with Crippen LogP contribution >= 0.6 is 0 Å². The summed E-state index contributed by atoms with van der Waals surface area (Å²) in [6.07, 6.45) is -0.972. The third-order valence-electron chi connectivity index (χ3n) is 5.59. The average Bonchev–Trinajstić information content (AvgIpc) is 3.10. The lowest BCUT2D eigenvalue weighted by Gasteiger charge is -2.48. The Morgan fingerprint density at radius 1 is 1.12 bits per heavy atom. The van der Waals surface area contributed by atoms with Crippen molar-refractivity contribution < 1.29 is 23.7 Å². The molecule has 2 saturated heterocycles. The van der Waals surface area contributed by atoms with Crippen LogP contribution in [0.4, 0.5) is 5.69 Å². The Morgan fingerprint density at radius 3 is 2.50 bits per heavy atom. The first-order valence-corrected chi connectivity index (χ1v) is 10.4. The van der Waals surface area contributed by atoms with Gasteiger partial charge >= 0.3 is 0 Å². The summed E-state index contributed by atoms with van der Waals surface area (Å²) >= 11 is 0. The maximum absolute atomic E-state index is 12.8. The second-order valence-electron chi connectivity index (χ2n) is 8.19. The average molecular weight is 438 g/mol. The van der Waals surface area contributed by atoms with Gasteiger partial charge in [0.25, 0.3) is 0 Å². The first-order valence-electron chi connectivity index (χ1n) is 10.4. The zero-order valence-electron chi connectivity index (χ0n) is 18.2. The molecule has 0 saturated carbocycles. The minimum atomic E-state index is -0.874. The fourth-order valence-corrected chi connectivity index (χ4v) is 4.19. The first kappa shape index (κ1) is 22.1. The molecule has 2 aromatic carbocycles. The van der Waals surface area contributed by atoms with Crippen LogP contribution in [-0.2, 0) is 25.6 Å². The Balaban J connectivity index is 1.55. The molecule has 1 amide bonds. The van der Waals surface area contributed by atoms with Gasteiger partial charge in [-0.2, -0.15) is 0 Å². The smallest absolute Gasteiger partial charge is 0.238 e. The Hall–Kier alpha value is -3.10. The van der Waals surface area contributed by atoms with Gasteiger partial charge < -0.3 is 23.8 Å². The summed E-state index contributed by atoms with van der Waals surface area (Å²) in [4.78, 5) is 17.3. The Kier molecular flexibility index (Phi) is 6.34. The summed E-state index contributed by atoms with van der Waals surface area (Å²) in [5.74, 6) is -0.467. The highest BCUT2D eigenvalue weighted by atomic mass is 16.8. The molecule has 0 spiro atoms. The van der Waals surface area contributed by atoms with Crippen LogP contribution < -0.4 is 9.64 Å². The van der Waals surface area contributed by atoms with Gasteiger partial charge in [-0.15, -0.1) is 0 Å². The fraction of sp³-hybridized carbons (Fsp3) is 0.435. The predicted octanol–water partition coefficient (Wildman–Crippen LogP) is 3.83. The van der Waals surface area contributed by atoms with Gasteiger partial charge in [0, 0.05) is 10.6 Å². The summed E-state index contributed by atoms with van der Waals surface area (Å²) in [5, 5.41) is 3.74. The van der Waals surface area contributed by atoms with Crippen LogP contribution in [0.3, 0.4) is 0 Å². The molecule has 2 aliphatic rings. The molecule has 32 heavy (non-hydrogen) atoms. The zero-order chi connectivity index (χ0) is 22.7. The highest BCUT2D eigenvalue weighted by Gasteiger charge is 2.58. The number of ether oxygens (including phenoxy) is 4. The van der Waals surface area contributed by atoms with E-state index in [2.05, 4.69) is 10.0 Å². The van der Waals surface area contributed by atoms with Crippen LogP contribution in [0.25, 0.3) is 10.4 Å². The Morgan fingerprint density at radius 2 is 1.84 bits per heavy atom. The van der Waals surface area contributed by atoms with E-state index in [4.69, 9.17) is 24.5 Å². The summed E-state index contributed by atoms with van der Waals surface area (Å²) in [5.41, 5.74) is 10.7. The highest BCUT2D eigenvalue weighted by Crippen LogP contribution is 2.40. The summed E-state index contributed by atoms with van der Waals surface area (Å²) < 4.78 is 23.4. The van der Waals surface area contributed by atoms with E-state index in [-0.39, 0.29) is 12.5 Å². The van der Waals surface area contributed by atoms with E-state index in [0.29, 0.717) is 18.0 Å². The number of anilines is 1. The number of amides is 1. The quantitative estimate of drug-likeness (QED) is 0.270. The van der Waals surface area contributed by atoms with Crippen LogP contribution in [0, 0.1) is 0 Å². The topological polar surface area (TPSA) is 106 Å². The molecule has 0 N–H and O–H groups in total. The third kappa shape index (κ3) is 4.42. The van der Waals surface area contributed by atoms with E-state index >= 15 is 0 Å². The van der Waals surface area contributed by atoms with Crippen molar-refractivity contribution in [2.24, 2.45) is 5.11 Å². The van der Waals surface area contributed by atoms with Gasteiger partial charge in [0.05, 0.1) is 26.4 Å². The minimum absolute atomic E-state index is 0.271. The lowest BCUT2D eigenvalue weighted by molar-refractivity contribution is -0.156. The summed E-state index contributed by atoms with van der Waals surface area (Å²) in [6.45, 7) is 4.34. The first-order chi connectivity index (χ1) is 15.4. The standard InChI is InChI=1S/C23H26N4O5/c1-23(2)31-18(14-30-13-15-7-5-4-6-8-15)21(32-23)20-19(25-26-24)22(28)27(20)16-9-11-17(29-3)12-10-16/h4-12,18-21H,13-14H2,1-3H3/t18-,19+,20+,21+/m1/s1. The largest absolute Gasteiger partial charge is 0.497 e. The van der Waals surface area contributed by atoms with Crippen LogP contribution in [0.1, 0.15) is 19.4 Å². The summed E-state index contributed by atoms with van der Waals surface area (Å²) in [6, 6.07) is 15.6. The van der Waals surface area contributed by atoms with E-state index in [1.807, 2.05) is 44.2 Å². The van der Waals surface area contributed by atoms with E-state index in [1.165, 1.54) is 0 Å². The van der Waals surface area contributed by atoms with Gasteiger partial charge in [-0.05, 0) is 49.2 Å². The fourth-order valence-electron chi connectivity index (χ4n) is 4.19. The number of benzene rings is 2. The molecule has 4 rings (SSSR count). The van der Waals surface area contributed by atoms with Crippen molar-refractivity contribution in [2.45, 2.75) is 50.5 Å². The van der Waals surface area contributed by atoms with Crippen LogP contribution in [0.15, 0.2) is 59.7 Å². The normalized spacial score (nSPS) is 26.3.